The molecule has 3 aliphatic heterocycles. The lowest BCUT2D eigenvalue weighted by Crippen LogP contribution is -2.55. The molecule has 3 aromatic carbocycles. The number of fused-ring (bicyclic) bond motifs is 5. The molecule has 11 heteroatoms. The summed E-state index contributed by atoms with van der Waals surface area (Å²) in [5.74, 6) is -5.58. The summed E-state index contributed by atoms with van der Waals surface area (Å²) in [5.41, 5.74) is 1.76. The number of anilines is 1. The number of hydrogen-bond acceptors (Lipinski definition) is 7. The first-order valence-electron chi connectivity index (χ1n) is 16.7. The number of carboxylic acid groups (broad SMARTS) is 1. The molecule has 6 unspecified atom stereocenters. The third kappa shape index (κ3) is 4.72. The molecule has 0 aromatic heterocycles. The van der Waals surface area contributed by atoms with Gasteiger partial charge in [-0.1, -0.05) is 59.6 Å². The smallest absolute Gasteiger partial charge is 0.303 e. The highest BCUT2D eigenvalue weighted by Crippen LogP contribution is 2.63. The highest BCUT2D eigenvalue weighted by atomic mass is 35.5. The minimum absolute atomic E-state index is 0.000932. The Hall–Kier alpha value is -5.22. The van der Waals surface area contributed by atoms with Crippen molar-refractivity contribution < 1.29 is 38.9 Å². The highest BCUT2D eigenvalue weighted by molar-refractivity contribution is 6.32. The quantitative estimate of drug-likeness (QED) is 0.247. The van der Waals surface area contributed by atoms with Crippen LogP contribution in [0.15, 0.2) is 96.3 Å². The molecule has 10 nitrogen and oxygen atoms in total. The van der Waals surface area contributed by atoms with Crippen molar-refractivity contribution in [3.05, 3.63) is 112 Å². The fourth-order valence-electron chi connectivity index (χ4n) is 9.23. The Bertz CT molecular complexity index is 2040. The molecule has 3 heterocycles. The summed E-state index contributed by atoms with van der Waals surface area (Å²) in [6, 6.07) is 20.7. The van der Waals surface area contributed by atoms with E-state index in [0.29, 0.717) is 39.6 Å². The van der Waals surface area contributed by atoms with E-state index in [2.05, 4.69) is 0 Å². The van der Waals surface area contributed by atoms with Gasteiger partial charge in [-0.15, -0.1) is 0 Å². The first kappa shape index (κ1) is 32.0. The summed E-state index contributed by atoms with van der Waals surface area (Å²) in [6.07, 6.45) is 4.27. The molecule has 2 aliphatic carbocycles. The van der Waals surface area contributed by atoms with Crippen LogP contribution in [0, 0.1) is 29.6 Å². The minimum atomic E-state index is -1.44. The van der Waals surface area contributed by atoms with E-state index in [-0.39, 0.29) is 49.8 Å². The standard InChI is InChI=1S/C39H33ClN2O8/c40-24-8-4-9-25(18-24)42-36(47)30-19-29-27(12-13-28-33(29)37(48)41(35(28)46)15-5-10-32(44)45)34(39(30,38(42)49)23-6-2-1-3-7-23)22-16-21-17-26(43)11-14-31(21)50-20-22/h1-4,6-9,11-12,14,17-18,20,28-30,33-34,43H,5,10,13,15-16,19H2,(H,44,45). The van der Waals surface area contributed by atoms with Gasteiger partial charge in [-0.3, -0.25) is 28.9 Å². The van der Waals surface area contributed by atoms with Crippen molar-refractivity contribution in [3.63, 3.8) is 0 Å². The lowest BCUT2D eigenvalue weighted by atomic mass is 9.48. The van der Waals surface area contributed by atoms with Crippen molar-refractivity contribution in [1.29, 1.82) is 0 Å². The number of amides is 4. The van der Waals surface area contributed by atoms with Crippen LogP contribution < -0.4 is 9.64 Å². The van der Waals surface area contributed by atoms with E-state index in [1.165, 1.54) is 15.9 Å². The molecule has 3 fully saturated rings. The monoisotopic (exact) mass is 692 g/mol. The number of phenols is 1. The molecule has 8 rings (SSSR count). The Kier molecular flexibility index (Phi) is 7.67. The second kappa shape index (κ2) is 12.0. The number of ether oxygens (including phenoxy) is 1. The average molecular weight is 693 g/mol. The number of imide groups is 2. The number of aromatic hydroxyl groups is 1. The van der Waals surface area contributed by atoms with E-state index >= 15 is 4.79 Å². The molecule has 0 bridgehead atoms. The fraction of sp³-hybridized carbons (Fsp3) is 0.308. The predicted molar refractivity (Wildman–Crippen MR) is 181 cm³/mol. The first-order chi connectivity index (χ1) is 24.1. The number of carbonyl (C=O) groups excluding carboxylic acids is 4. The van der Waals surface area contributed by atoms with Crippen molar-refractivity contribution in [2.45, 2.75) is 37.5 Å². The topological polar surface area (TPSA) is 142 Å². The number of benzene rings is 3. The number of carboxylic acids is 1. The Morgan fingerprint density at radius 3 is 2.50 bits per heavy atom. The zero-order valence-corrected chi connectivity index (χ0v) is 27.6. The van der Waals surface area contributed by atoms with Gasteiger partial charge < -0.3 is 14.9 Å². The molecular weight excluding hydrogens is 660 g/mol. The zero-order valence-electron chi connectivity index (χ0n) is 26.8. The predicted octanol–water partition coefficient (Wildman–Crippen LogP) is 5.42. The number of halogens is 1. The largest absolute Gasteiger partial charge is 0.508 e. The molecule has 2 N–H and O–H groups in total. The number of allylic oxidation sites excluding steroid dienone is 3. The number of hydrogen-bond donors (Lipinski definition) is 2. The Labute approximate surface area is 292 Å². The Morgan fingerprint density at radius 2 is 1.74 bits per heavy atom. The van der Waals surface area contributed by atoms with Gasteiger partial charge >= 0.3 is 5.97 Å². The molecule has 4 amide bonds. The van der Waals surface area contributed by atoms with Gasteiger partial charge in [0.2, 0.25) is 23.6 Å². The van der Waals surface area contributed by atoms with E-state index in [0.717, 1.165) is 5.57 Å². The SMILES string of the molecule is O=C(O)CCCN1C(=O)C2CC=C3C(CC4C(=O)N(c5cccc(Cl)c5)C(=O)C4(c4ccccc4)C3C3=COc4ccc(O)cc4C3)C2C1=O. The van der Waals surface area contributed by atoms with Crippen molar-refractivity contribution in [2.24, 2.45) is 29.6 Å². The van der Waals surface area contributed by atoms with Crippen LogP contribution in [0.1, 0.15) is 36.8 Å². The van der Waals surface area contributed by atoms with E-state index < -0.39 is 52.8 Å². The third-order valence-electron chi connectivity index (χ3n) is 11.2. The van der Waals surface area contributed by atoms with E-state index in [9.17, 15) is 29.4 Å². The van der Waals surface area contributed by atoms with Gasteiger partial charge in [-0.2, -0.15) is 0 Å². The maximum absolute atomic E-state index is 15.3. The molecular formula is C39H33ClN2O8. The lowest BCUT2D eigenvalue weighted by molar-refractivity contribution is -0.142. The number of nitrogens with zero attached hydrogens (tertiary/aromatic N) is 2. The van der Waals surface area contributed by atoms with Crippen molar-refractivity contribution >= 4 is 46.9 Å². The molecule has 5 aliphatic rings. The summed E-state index contributed by atoms with van der Waals surface area (Å²) in [5, 5.41) is 19.9. The van der Waals surface area contributed by atoms with Gasteiger partial charge in [0.25, 0.3) is 0 Å². The molecule has 2 saturated heterocycles. The molecule has 6 atom stereocenters. The van der Waals surface area contributed by atoms with Gasteiger partial charge in [0, 0.05) is 35.9 Å². The zero-order chi connectivity index (χ0) is 34.9. The van der Waals surface area contributed by atoms with Gasteiger partial charge in [0.05, 0.1) is 35.1 Å². The second-order valence-electron chi connectivity index (χ2n) is 13.7. The fourth-order valence-corrected chi connectivity index (χ4v) is 9.42. The van der Waals surface area contributed by atoms with Crippen LogP contribution in [-0.4, -0.2) is 51.3 Å². The Morgan fingerprint density at radius 1 is 0.940 bits per heavy atom. The summed E-state index contributed by atoms with van der Waals surface area (Å²) in [7, 11) is 0. The molecule has 3 aromatic rings. The minimum Gasteiger partial charge on any atom is -0.508 e. The van der Waals surface area contributed by atoms with Crippen LogP contribution in [0.3, 0.4) is 0 Å². The first-order valence-corrected chi connectivity index (χ1v) is 17.1. The van der Waals surface area contributed by atoms with Gasteiger partial charge in [0.1, 0.15) is 11.5 Å². The maximum Gasteiger partial charge on any atom is 0.303 e. The van der Waals surface area contributed by atoms with Crippen LogP contribution in [0.2, 0.25) is 5.02 Å². The van der Waals surface area contributed by atoms with Crippen molar-refractivity contribution in [1.82, 2.24) is 4.90 Å². The normalized spacial score (nSPS) is 28.3. The Balaban J connectivity index is 1.31. The summed E-state index contributed by atoms with van der Waals surface area (Å²) >= 11 is 6.38. The summed E-state index contributed by atoms with van der Waals surface area (Å²) < 4.78 is 6.14. The maximum atomic E-state index is 15.3. The second-order valence-corrected chi connectivity index (χ2v) is 14.1. The summed E-state index contributed by atoms with van der Waals surface area (Å²) in [6.45, 7) is -0.000932. The van der Waals surface area contributed by atoms with Gasteiger partial charge in [0.15, 0.2) is 0 Å². The number of phenolic OH excluding ortho intramolecular Hbond substituents is 1. The third-order valence-corrected chi connectivity index (χ3v) is 11.4. The van der Waals surface area contributed by atoms with Crippen molar-refractivity contribution in [3.8, 4) is 11.5 Å². The highest BCUT2D eigenvalue weighted by Gasteiger charge is 2.70. The average Bonchev–Trinajstić information content (AvgIpc) is 3.48. The van der Waals surface area contributed by atoms with Crippen LogP contribution in [-0.2, 0) is 35.8 Å². The van der Waals surface area contributed by atoms with E-state index in [4.69, 9.17) is 16.3 Å². The molecule has 254 valence electrons. The molecule has 1 saturated carbocycles. The van der Waals surface area contributed by atoms with Crippen LogP contribution in [0.5, 0.6) is 11.5 Å². The number of likely N-dealkylation sites (tertiary alicyclic amines) is 1. The van der Waals surface area contributed by atoms with Crippen LogP contribution >= 0.6 is 11.6 Å². The molecule has 50 heavy (non-hydrogen) atoms. The van der Waals surface area contributed by atoms with Crippen LogP contribution in [0.4, 0.5) is 5.69 Å². The number of carbonyl (C=O) groups is 5. The lowest BCUT2D eigenvalue weighted by Gasteiger charge is -2.51. The number of rotatable bonds is 7. The van der Waals surface area contributed by atoms with E-state index in [1.807, 2.05) is 36.4 Å². The van der Waals surface area contributed by atoms with Crippen molar-refractivity contribution in [2.75, 3.05) is 11.4 Å². The molecule has 0 spiro atoms. The molecule has 0 radical (unpaired) electrons. The summed E-state index contributed by atoms with van der Waals surface area (Å²) in [4.78, 5) is 71.6. The van der Waals surface area contributed by atoms with Crippen LogP contribution in [0.25, 0.3) is 0 Å². The van der Waals surface area contributed by atoms with Gasteiger partial charge in [-0.25, -0.2) is 4.90 Å². The number of aliphatic carboxylic acids is 1. The van der Waals surface area contributed by atoms with E-state index in [1.54, 1.807) is 42.7 Å². The van der Waals surface area contributed by atoms with Gasteiger partial charge in [-0.05, 0) is 72.7 Å².